The minimum absolute atomic E-state index is 0.104. The van der Waals surface area contributed by atoms with Crippen LogP contribution in [-0.2, 0) is 14.4 Å². The van der Waals surface area contributed by atoms with Gasteiger partial charge in [-0.25, -0.2) is 0 Å². The number of anilines is 2. The predicted molar refractivity (Wildman–Crippen MR) is 105 cm³/mol. The molecule has 3 N–H and O–H groups in total. The van der Waals surface area contributed by atoms with Crippen LogP contribution in [0.2, 0.25) is 0 Å². The van der Waals surface area contributed by atoms with E-state index in [4.69, 9.17) is 4.74 Å². The fourth-order valence-electron chi connectivity index (χ4n) is 2.23. The van der Waals surface area contributed by atoms with Crippen LogP contribution in [0.15, 0.2) is 54.6 Å². The molecule has 0 aromatic heterocycles. The Morgan fingerprint density at radius 3 is 2.33 bits per heavy atom. The van der Waals surface area contributed by atoms with Gasteiger partial charge in [0.15, 0.2) is 0 Å². The molecule has 27 heavy (non-hydrogen) atoms. The second-order valence-corrected chi connectivity index (χ2v) is 6.70. The van der Waals surface area contributed by atoms with Crippen molar-refractivity contribution in [3.8, 4) is 5.75 Å². The molecule has 0 aliphatic heterocycles. The molecule has 0 fully saturated rings. The molecular formula is C19H20N2O5S. The number of benzene rings is 2. The first-order valence-electron chi connectivity index (χ1n) is 8.11. The molecule has 0 heterocycles. The quantitative estimate of drug-likeness (QED) is 0.610. The maximum atomic E-state index is 12.1. The van der Waals surface area contributed by atoms with Crippen molar-refractivity contribution in [2.45, 2.75) is 11.7 Å². The molecule has 0 bridgehead atoms. The number of ether oxygens (including phenoxy) is 1. The van der Waals surface area contributed by atoms with Gasteiger partial charge in [-0.05, 0) is 24.3 Å². The van der Waals surface area contributed by atoms with E-state index in [0.717, 1.165) is 11.8 Å². The highest BCUT2D eigenvalue weighted by Crippen LogP contribution is 2.24. The Hall–Kier alpha value is -3.00. The highest BCUT2D eigenvalue weighted by Gasteiger charge is 2.23. The number of carboxylic acids is 1. The van der Waals surface area contributed by atoms with E-state index in [1.165, 1.54) is 7.11 Å². The topological polar surface area (TPSA) is 105 Å². The third kappa shape index (κ3) is 6.67. The average Bonchev–Trinajstić information content (AvgIpc) is 2.66. The van der Waals surface area contributed by atoms with E-state index in [0.29, 0.717) is 17.1 Å². The Kier molecular flexibility index (Phi) is 7.69. The maximum Gasteiger partial charge on any atom is 0.317 e. The lowest BCUT2D eigenvalue weighted by Gasteiger charge is -2.13. The van der Waals surface area contributed by atoms with Crippen LogP contribution in [0.25, 0.3) is 0 Å². The molecule has 1 atom stereocenters. The number of hydrogen-bond acceptors (Lipinski definition) is 5. The number of hydrogen-bond donors (Lipinski definition) is 3. The number of amides is 2. The molecule has 2 aromatic rings. The molecular weight excluding hydrogens is 368 g/mol. The highest BCUT2D eigenvalue weighted by atomic mass is 32.2. The van der Waals surface area contributed by atoms with Gasteiger partial charge in [0.2, 0.25) is 11.8 Å². The van der Waals surface area contributed by atoms with Crippen LogP contribution in [0.4, 0.5) is 11.4 Å². The molecule has 2 rings (SSSR count). The molecule has 0 aliphatic carbocycles. The summed E-state index contributed by atoms with van der Waals surface area (Å²) in [5.41, 5.74) is 1.09. The van der Waals surface area contributed by atoms with Gasteiger partial charge in [0.1, 0.15) is 11.0 Å². The van der Waals surface area contributed by atoms with Gasteiger partial charge >= 0.3 is 5.97 Å². The van der Waals surface area contributed by atoms with Gasteiger partial charge in [0, 0.05) is 12.1 Å². The number of rotatable bonds is 9. The van der Waals surface area contributed by atoms with Gasteiger partial charge in [-0.1, -0.05) is 30.3 Å². The lowest BCUT2D eigenvalue weighted by Crippen LogP contribution is -2.26. The summed E-state index contributed by atoms with van der Waals surface area (Å²) < 4.78 is 5.15. The van der Waals surface area contributed by atoms with Gasteiger partial charge < -0.3 is 20.5 Å². The van der Waals surface area contributed by atoms with Gasteiger partial charge in [-0.3, -0.25) is 14.4 Å². The minimum atomic E-state index is -1.15. The second kappa shape index (κ2) is 10.2. The summed E-state index contributed by atoms with van der Waals surface area (Å²) in [6.45, 7) is 0. The fraction of sp³-hybridized carbons (Fsp3) is 0.211. The van der Waals surface area contributed by atoms with Crippen LogP contribution in [0.3, 0.4) is 0 Å². The summed E-state index contributed by atoms with van der Waals surface area (Å²) >= 11 is 0.896. The van der Waals surface area contributed by atoms with E-state index in [9.17, 15) is 19.5 Å². The smallest absolute Gasteiger partial charge is 0.317 e. The Bertz CT molecular complexity index is 798. The number of para-hydroxylation sites is 3. The molecule has 0 aliphatic rings. The monoisotopic (exact) mass is 388 g/mol. The van der Waals surface area contributed by atoms with Crippen molar-refractivity contribution >= 4 is 40.9 Å². The lowest BCUT2D eigenvalue weighted by molar-refractivity contribution is -0.137. The van der Waals surface area contributed by atoms with Gasteiger partial charge in [-0.2, -0.15) is 0 Å². The molecule has 7 nitrogen and oxygen atoms in total. The summed E-state index contributed by atoms with van der Waals surface area (Å²) in [5.74, 6) is -1.54. The summed E-state index contributed by atoms with van der Waals surface area (Å²) in [7, 11) is 1.49. The SMILES string of the molecule is COc1ccccc1NC(=O)CS[C@@H](CC(=O)Nc1ccccc1)C(=O)O. The van der Waals surface area contributed by atoms with E-state index >= 15 is 0 Å². The third-order valence-electron chi connectivity index (χ3n) is 3.50. The summed E-state index contributed by atoms with van der Waals surface area (Å²) in [6.07, 6.45) is -0.239. The van der Waals surface area contributed by atoms with Crippen molar-refractivity contribution in [3.05, 3.63) is 54.6 Å². The molecule has 0 unspecified atom stereocenters. The highest BCUT2D eigenvalue weighted by molar-refractivity contribution is 8.01. The summed E-state index contributed by atoms with van der Waals surface area (Å²) in [5, 5.41) is 13.6. The standard InChI is InChI=1S/C19H20N2O5S/c1-26-15-10-6-5-9-14(15)21-18(23)12-27-16(19(24)25)11-17(22)20-13-7-3-2-4-8-13/h2-10,16H,11-12H2,1H3,(H,20,22)(H,21,23)(H,24,25)/t16-/m0/s1. The van der Waals surface area contributed by atoms with E-state index in [-0.39, 0.29) is 18.1 Å². The molecule has 0 spiro atoms. The zero-order chi connectivity index (χ0) is 19.6. The van der Waals surface area contributed by atoms with Crippen molar-refractivity contribution in [1.29, 1.82) is 0 Å². The Labute approximate surface area is 161 Å². The van der Waals surface area contributed by atoms with Gasteiger partial charge in [-0.15, -0.1) is 11.8 Å². The van der Waals surface area contributed by atoms with E-state index in [1.807, 2.05) is 6.07 Å². The Morgan fingerprint density at radius 2 is 1.67 bits per heavy atom. The van der Waals surface area contributed by atoms with Crippen LogP contribution < -0.4 is 15.4 Å². The Morgan fingerprint density at radius 1 is 1.00 bits per heavy atom. The minimum Gasteiger partial charge on any atom is -0.495 e. The van der Waals surface area contributed by atoms with E-state index < -0.39 is 17.1 Å². The van der Waals surface area contributed by atoms with Crippen molar-refractivity contribution in [3.63, 3.8) is 0 Å². The molecule has 8 heteroatoms. The zero-order valence-electron chi connectivity index (χ0n) is 14.7. The number of carbonyl (C=O) groups excluding carboxylic acids is 2. The third-order valence-corrected chi connectivity index (χ3v) is 4.70. The van der Waals surface area contributed by atoms with Crippen LogP contribution in [-0.4, -0.2) is 41.0 Å². The van der Waals surface area contributed by atoms with E-state index in [2.05, 4.69) is 10.6 Å². The molecule has 142 valence electrons. The normalized spacial score (nSPS) is 11.3. The molecule has 0 saturated carbocycles. The zero-order valence-corrected chi connectivity index (χ0v) is 15.5. The van der Waals surface area contributed by atoms with Crippen LogP contribution in [0.5, 0.6) is 5.75 Å². The van der Waals surface area contributed by atoms with Crippen molar-refractivity contribution in [2.24, 2.45) is 0 Å². The molecule has 2 amide bonds. The molecule has 0 radical (unpaired) electrons. The molecule has 2 aromatic carbocycles. The van der Waals surface area contributed by atoms with Crippen molar-refractivity contribution in [1.82, 2.24) is 0 Å². The first-order valence-corrected chi connectivity index (χ1v) is 9.16. The molecule has 0 saturated heterocycles. The van der Waals surface area contributed by atoms with Gasteiger partial charge in [0.25, 0.3) is 0 Å². The average molecular weight is 388 g/mol. The number of nitrogens with one attached hydrogen (secondary N) is 2. The number of methoxy groups -OCH3 is 1. The van der Waals surface area contributed by atoms with E-state index in [1.54, 1.807) is 48.5 Å². The second-order valence-electron chi connectivity index (χ2n) is 5.50. The number of aliphatic carboxylic acids is 1. The number of carboxylic acid groups (broad SMARTS) is 1. The van der Waals surface area contributed by atoms with Crippen LogP contribution >= 0.6 is 11.8 Å². The van der Waals surface area contributed by atoms with Crippen molar-refractivity contribution < 1.29 is 24.2 Å². The predicted octanol–water partition coefficient (Wildman–Crippen LogP) is 2.85. The fourth-order valence-corrected chi connectivity index (χ4v) is 3.07. The summed E-state index contributed by atoms with van der Waals surface area (Å²) in [4.78, 5) is 35.6. The van der Waals surface area contributed by atoms with Crippen molar-refractivity contribution in [2.75, 3.05) is 23.5 Å². The number of thioether (sulfide) groups is 1. The largest absolute Gasteiger partial charge is 0.495 e. The maximum absolute atomic E-state index is 12.1. The van der Waals surface area contributed by atoms with Crippen LogP contribution in [0.1, 0.15) is 6.42 Å². The summed E-state index contributed by atoms with van der Waals surface area (Å²) in [6, 6.07) is 15.7. The first kappa shape index (κ1) is 20.3. The first-order chi connectivity index (χ1) is 13.0. The number of carbonyl (C=O) groups is 3. The Balaban J connectivity index is 1.87. The van der Waals surface area contributed by atoms with Gasteiger partial charge in [0.05, 0.1) is 18.6 Å². The lowest BCUT2D eigenvalue weighted by atomic mass is 10.2. The van der Waals surface area contributed by atoms with Crippen LogP contribution in [0, 0.1) is 0 Å².